The van der Waals surface area contributed by atoms with Crippen LogP contribution in [0.1, 0.15) is 18.1 Å². The largest absolute Gasteiger partial charge is 0.504 e. The first-order chi connectivity index (χ1) is 12.6. The lowest BCUT2D eigenvalue weighted by molar-refractivity contribution is -0.137. The highest BCUT2D eigenvalue weighted by Gasteiger charge is 2.32. The number of allylic oxidation sites excluding steroid dienone is 1. The highest BCUT2D eigenvalue weighted by atomic mass is 32.2. The second-order valence-corrected chi connectivity index (χ2v) is 7.23. The van der Waals surface area contributed by atoms with E-state index in [0.717, 1.165) is 24.3 Å². The molecule has 0 unspecified atom stereocenters. The fraction of sp³-hybridized carbons (Fsp3) is 0.167. The van der Waals surface area contributed by atoms with Gasteiger partial charge in [-0.1, -0.05) is 12.1 Å². The quantitative estimate of drug-likeness (QED) is 0.766. The summed E-state index contributed by atoms with van der Waals surface area (Å²) in [7, 11) is -4.47. The number of rotatable bonds is 5. The number of ether oxygens (including phenoxy) is 1. The van der Waals surface area contributed by atoms with Gasteiger partial charge in [0.25, 0.3) is 0 Å². The Morgan fingerprint density at radius 3 is 2.56 bits per heavy atom. The van der Waals surface area contributed by atoms with E-state index in [1.54, 1.807) is 6.92 Å². The van der Waals surface area contributed by atoms with Gasteiger partial charge in [-0.15, -0.1) is 0 Å². The number of halogens is 3. The molecule has 9 heteroatoms. The van der Waals surface area contributed by atoms with Crippen molar-refractivity contribution in [3.05, 3.63) is 58.5 Å². The summed E-state index contributed by atoms with van der Waals surface area (Å²) < 4.78 is 68.8. The van der Waals surface area contributed by atoms with E-state index in [4.69, 9.17) is 4.74 Å². The molecule has 0 aromatic heterocycles. The van der Waals surface area contributed by atoms with Crippen LogP contribution in [0.3, 0.4) is 0 Å². The van der Waals surface area contributed by atoms with Crippen LogP contribution in [-0.2, 0) is 16.0 Å². The first-order valence-electron chi connectivity index (χ1n) is 7.59. The Morgan fingerprint density at radius 2 is 1.96 bits per heavy atom. The minimum Gasteiger partial charge on any atom is -0.504 e. The first kappa shape index (κ1) is 20.3. The third kappa shape index (κ3) is 4.60. The zero-order valence-electron chi connectivity index (χ0n) is 14.0. The maximum Gasteiger partial charge on any atom is 0.416 e. The summed E-state index contributed by atoms with van der Waals surface area (Å²) in [6.07, 6.45) is -3.72. The summed E-state index contributed by atoms with van der Waals surface area (Å²) in [6, 6.07) is 8.57. The van der Waals surface area contributed by atoms with Gasteiger partial charge in [-0.3, -0.25) is 0 Å². The number of benzene rings is 2. The van der Waals surface area contributed by atoms with Crippen molar-refractivity contribution in [3.63, 3.8) is 0 Å². The van der Waals surface area contributed by atoms with Crippen molar-refractivity contribution in [2.75, 3.05) is 6.61 Å². The van der Waals surface area contributed by atoms with Crippen LogP contribution in [0.25, 0.3) is 6.08 Å². The van der Waals surface area contributed by atoms with E-state index < -0.39 is 31.4 Å². The van der Waals surface area contributed by atoms with Crippen LogP contribution in [0.15, 0.2) is 52.3 Å². The van der Waals surface area contributed by atoms with Crippen LogP contribution in [0.5, 0.6) is 11.5 Å². The predicted octanol–water partition coefficient (Wildman–Crippen LogP) is 4.15. The number of alkyl halides is 3. The number of hydrogen-bond donors (Lipinski definition) is 1. The molecule has 0 spiro atoms. The highest BCUT2D eigenvalue weighted by Crippen LogP contribution is 2.32. The van der Waals surface area contributed by atoms with E-state index in [2.05, 4.69) is 0 Å². The number of aromatic hydroxyl groups is 1. The normalized spacial score (nSPS) is 12.5. The predicted molar refractivity (Wildman–Crippen MR) is 91.5 cm³/mol. The number of hydrogen-bond acceptors (Lipinski definition) is 5. The SMILES string of the molecule is CCOc1cc(/C=C(/C#N)S(=O)(=O)c2cccc(C(F)(F)F)c2)ccc1O. The number of nitriles is 1. The fourth-order valence-corrected chi connectivity index (χ4v) is 3.38. The Kier molecular flexibility index (Phi) is 5.81. The Morgan fingerprint density at radius 1 is 1.26 bits per heavy atom. The molecular weight excluding hydrogens is 383 g/mol. The van der Waals surface area contributed by atoms with Crippen molar-refractivity contribution in [1.29, 1.82) is 5.26 Å². The van der Waals surface area contributed by atoms with E-state index in [1.165, 1.54) is 24.3 Å². The van der Waals surface area contributed by atoms with Gasteiger partial charge in [0.15, 0.2) is 11.5 Å². The first-order valence-corrected chi connectivity index (χ1v) is 9.08. The Labute approximate surface area is 153 Å². The summed E-state index contributed by atoms with van der Waals surface area (Å²) in [5.41, 5.74) is -0.910. The lowest BCUT2D eigenvalue weighted by atomic mass is 10.2. The van der Waals surface area contributed by atoms with Crippen molar-refractivity contribution in [1.82, 2.24) is 0 Å². The molecule has 0 aliphatic heterocycles. The van der Waals surface area contributed by atoms with E-state index >= 15 is 0 Å². The zero-order valence-corrected chi connectivity index (χ0v) is 14.8. The van der Waals surface area contributed by atoms with Crippen molar-refractivity contribution in [2.45, 2.75) is 18.0 Å². The van der Waals surface area contributed by atoms with Gasteiger partial charge >= 0.3 is 6.18 Å². The lowest BCUT2D eigenvalue weighted by Crippen LogP contribution is -2.08. The molecule has 0 atom stereocenters. The van der Waals surface area contributed by atoms with Crippen molar-refractivity contribution < 1.29 is 31.4 Å². The smallest absolute Gasteiger partial charge is 0.416 e. The van der Waals surface area contributed by atoms with Gasteiger partial charge < -0.3 is 9.84 Å². The number of nitrogens with zero attached hydrogens (tertiary/aromatic N) is 1. The van der Waals surface area contributed by atoms with Gasteiger partial charge in [-0.25, -0.2) is 8.42 Å². The Hall–Kier alpha value is -2.99. The second kappa shape index (κ2) is 7.72. The van der Waals surface area contributed by atoms with Crippen LogP contribution in [0, 0.1) is 11.3 Å². The van der Waals surface area contributed by atoms with Crippen LogP contribution < -0.4 is 4.74 Å². The molecule has 0 saturated heterocycles. The van der Waals surface area contributed by atoms with Gasteiger partial charge in [0.2, 0.25) is 9.84 Å². The summed E-state index contributed by atoms with van der Waals surface area (Å²) in [6.45, 7) is 1.93. The average Bonchev–Trinajstić information content (AvgIpc) is 2.61. The summed E-state index contributed by atoms with van der Waals surface area (Å²) in [5, 5.41) is 18.9. The summed E-state index contributed by atoms with van der Waals surface area (Å²) in [5.74, 6) is -0.0896. The van der Waals surface area contributed by atoms with Crippen LogP contribution in [-0.4, -0.2) is 20.1 Å². The number of phenolic OH excluding ortho intramolecular Hbond substituents is 1. The Balaban J connectivity index is 2.52. The summed E-state index contributed by atoms with van der Waals surface area (Å²) in [4.78, 5) is -1.39. The molecule has 1 N–H and O–H groups in total. The standard InChI is InChI=1S/C18H14F3NO4S/c1-2-26-17-9-12(6-7-16(17)23)8-15(11-22)27(24,25)14-5-3-4-13(10-14)18(19,20)21/h3-10,23H,2H2,1H3/b15-8-. The third-order valence-electron chi connectivity index (χ3n) is 3.45. The molecule has 0 radical (unpaired) electrons. The molecule has 0 aliphatic rings. The van der Waals surface area contributed by atoms with Gasteiger partial charge in [0.05, 0.1) is 17.1 Å². The van der Waals surface area contributed by atoms with E-state index in [-0.39, 0.29) is 23.7 Å². The lowest BCUT2D eigenvalue weighted by Gasteiger charge is -2.09. The van der Waals surface area contributed by atoms with Gasteiger partial charge in [0.1, 0.15) is 11.0 Å². The molecule has 0 fully saturated rings. The molecule has 0 heterocycles. The second-order valence-electron chi connectivity index (χ2n) is 5.31. The minimum absolute atomic E-state index is 0.0833. The molecule has 2 aromatic carbocycles. The topological polar surface area (TPSA) is 87.4 Å². The van der Waals surface area contributed by atoms with Crippen LogP contribution in [0.4, 0.5) is 13.2 Å². The average molecular weight is 397 g/mol. The van der Waals surface area contributed by atoms with Crippen molar-refractivity contribution >= 4 is 15.9 Å². The maximum absolute atomic E-state index is 12.8. The summed E-state index contributed by atoms with van der Waals surface area (Å²) >= 11 is 0. The maximum atomic E-state index is 12.8. The molecule has 142 valence electrons. The van der Waals surface area contributed by atoms with E-state index in [1.807, 2.05) is 0 Å². The van der Waals surface area contributed by atoms with Crippen molar-refractivity contribution in [2.24, 2.45) is 0 Å². The minimum atomic E-state index is -4.72. The van der Waals surface area contributed by atoms with E-state index in [0.29, 0.717) is 6.07 Å². The molecule has 0 bridgehead atoms. The molecule has 2 aromatic rings. The van der Waals surface area contributed by atoms with E-state index in [9.17, 15) is 32.0 Å². The Bertz CT molecular complexity index is 1020. The monoisotopic (exact) mass is 397 g/mol. The van der Waals surface area contributed by atoms with Crippen LogP contribution in [0.2, 0.25) is 0 Å². The molecule has 0 aliphatic carbocycles. The van der Waals surface area contributed by atoms with Gasteiger partial charge in [-0.2, -0.15) is 18.4 Å². The van der Waals surface area contributed by atoms with Crippen molar-refractivity contribution in [3.8, 4) is 17.6 Å². The van der Waals surface area contributed by atoms with Crippen LogP contribution >= 0.6 is 0 Å². The zero-order chi connectivity index (χ0) is 20.2. The molecule has 0 saturated carbocycles. The molecule has 5 nitrogen and oxygen atoms in total. The number of phenols is 1. The molecule has 27 heavy (non-hydrogen) atoms. The van der Waals surface area contributed by atoms with Gasteiger partial charge in [0, 0.05) is 0 Å². The fourth-order valence-electron chi connectivity index (χ4n) is 2.18. The molecule has 0 amide bonds. The molecule has 2 rings (SSSR count). The molecular formula is C18H14F3NO4S. The van der Waals surface area contributed by atoms with Gasteiger partial charge in [-0.05, 0) is 48.9 Å². The number of sulfone groups is 1. The highest BCUT2D eigenvalue weighted by molar-refractivity contribution is 7.95. The third-order valence-corrected chi connectivity index (χ3v) is 5.12.